The van der Waals surface area contributed by atoms with Crippen LogP contribution in [0.15, 0.2) is 24.3 Å². The molecule has 0 aliphatic heterocycles. The number of carbonyl (C=O) groups is 3. The van der Waals surface area contributed by atoms with Crippen LogP contribution in [-0.2, 0) is 19.1 Å². The van der Waals surface area contributed by atoms with Crippen molar-refractivity contribution < 1.29 is 23.9 Å². The Morgan fingerprint density at radius 2 is 1.23 bits per heavy atom. The molecule has 0 aromatic carbocycles. The Morgan fingerprint density at radius 3 is 1.75 bits per heavy atom. The minimum absolute atomic E-state index is 0.112. The number of nitrogens with zero attached hydrogens (tertiary/aromatic N) is 1. The second-order valence-corrected chi connectivity index (χ2v) is 12.0. The van der Waals surface area contributed by atoms with Crippen molar-refractivity contribution in [2.45, 2.75) is 150 Å². The van der Waals surface area contributed by atoms with Gasteiger partial charge in [0, 0.05) is 37.7 Å². The summed E-state index contributed by atoms with van der Waals surface area (Å²) in [4.78, 5) is 38.5. The van der Waals surface area contributed by atoms with E-state index in [2.05, 4.69) is 25.2 Å². The number of nitrogens with one attached hydrogen (secondary N) is 1. The molecule has 0 rings (SSSR count). The van der Waals surface area contributed by atoms with Gasteiger partial charge in [-0.15, -0.1) is 0 Å². The molecule has 0 unspecified atom stereocenters. The lowest BCUT2D eigenvalue weighted by atomic mass is 10.1. The van der Waals surface area contributed by atoms with Crippen molar-refractivity contribution in [3.05, 3.63) is 24.3 Å². The Kier molecular flexibility index (Phi) is 35.9. The fourth-order valence-electron chi connectivity index (χ4n) is 4.27. The predicted molar refractivity (Wildman–Crippen MR) is 189 cm³/mol. The molecule has 1 N–H and O–H groups in total. The molecule has 0 aromatic rings. The van der Waals surface area contributed by atoms with E-state index in [9.17, 15) is 14.4 Å². The van der Waals surface area contributed by atoms with Crippen LogP contribution in [0.25, 0.3) is 0 Å². The molecular weight excluding hydrogens is 572 g/mol. The molecule has 0 aliphatic rings. The lowest BCUT2D eigenvalue weighted by Gasteiger charge is -2.23. The summed E-state index contributed by atoms with van der Waals surface area (Å²) in [5.74, 6) is 0.523. The Bertz CT molecular complexity index is 729. The molecule has 0 heterocycles. The average molecular weight is 641 g/mol. The number of carbonyl (C=O) groups excluding carboxylic acids is 3. The highest BCUT2D eigenvalue weighted by Gasteiger charge is 2.15. The summed E-state index contributed by atoms with van der Waals surface area (Å²) in [5.41, 5.74) is 0. The highest BCUT2D eigenvalue weighted by Crippen LogP contribution is 2.15. The maximum absolute atomic E-state index is 12.9. The first-order chi connectivity index (χ1) is 21.4. The highest BCUT2D eigenvalue weighted by molar-refractivity contribution is 8.13. The van der Waals surface area contributed by atoms with Crippen molar-refractivity contribution in [1.29, 1.82) is 0 Å². The van der Waals surface area contributed by atoms with Crippen molar-refractivity contribution in [3.63, 3.8) is 0 Å². The summed E-state index contributed by atoms with van der Waals surface area (Å²) in [6.07, 6.45) is 24.7. The number of thioether (sulfide) groups is 1. The number of rotatable bonds is 28. The maximum atomic E-state index is 12.9. The third-order valence-corrected chi connectivity index (χ3v) is 8.31. The molecule has 0 aliphatic carbocycles. The third kappa shape index (κ3) is 31.6. The van der Waals surface area contributed by atoms with E-state index in [1.54, 1.807) is 0 Å². The van der Waals surface area contributed by atoms with Crippen LogP contribution in [-0.4, -0.2) is 67.2 Å². The van der Waals surface area contributed by atoms with Gasteiger partial charge in [0.25, 0.3) is 5.24 Å². The first-order valence-electron chi connectivity index (χ1n) is 17.6. The molecule has 44 heavy (non-hydrogen) atoms. The lowest BCUT2D eigenvalue weighted by molar-refractivity contribution is -0.143. The van der Waals surface area contributed by atoms with Gasteiger partial charge in [-0.25, -0.2) is 0 Å². The molecule has 0 saturated carbocycles. The zero-order valence-corrected chi connectivity index (χ0v) is 30.2. The molecule has 0 aromatic heterocycles. The van der Waals surface area contributed by atoms with Crippen LogP contribution in [0.3, 0.4) is 0 Å². The second-order valence-electron chi connectivity index (χ2n) is 11.0. The van der Waals surface area contributed by atoms with Gasteiger partial charge in [-0.05, 0) is 59.4 Å². The molecule has 258 valence electrons. The van der Waals surface area contributed by atoms with Crippen LogP contribution in [0.5, 0.6) is 0 Å². The number of hydrogen-bond acceptors (Lipinski definition) is 7. The van der Waals surface area contributed by atoms with Gasteiger partial charge >= 0.3 is 11.9 Å². The van der Waals surface area contributed by atoms with E-state index in [0.29, 0.717) is 32.1 Å². The van der Waals surface area contributed by atoms with Gasteiger partial charge in [0.15, 0.2) is 0 Å². The minimum Gasteiger partial charge on any atom is -0.461 e. The first-order valence-corrected chi connectivity index (χ1v) is 18.6. The quantitative estimate of drug-likeness (QED) is 0.0518. The van der Waals surface area contributed by atoms with Gasteiger partial charge in [-0.1, -0.05) is 115 Å². The topological polar surface area (TPSA) is 84.9 Å². The molecular formula is C36H68N2O5S. The number of allylic oxidation sites excluding steroid dienone is 2. The standard InChI is InChI=1S/C34H62N2O5S.C2H6/c1-5-7-9-10-11-18-23-29-41-33(38)25-20-15-13-17-22-27-36(34(39)42-30-31(3)35-4)26-21-16-12-14-19-24-32(37)40-28-8-6-2;1-2/h6,8,18,23,31,35H,5,7,9-17,19-22,24-30H2,1-4H3;1-2H3/b8-6-,23-18-;/t31-;/m0./s1. The third-order valence-electron chi connectivity index (χ3n) is 7.13. The Balaban J connectivity index is 0. The Morgan fingerprint density at radius 1 is 0.727 bits per heavy atom. The van der Waals surface area contributed by atoms with Crippen molar-refractivity contribution in [1.82, 2.24) is 10.2 Å². The van der Waals surface area contributed by atoms with Gasteiger partial charge in [0.2, 0.25) is 0 Å². The van der Waals surface area contributed by atoms with E-state index in [0.717, 1.165) is 89.5 Å². The van der Waals surface area contributed by atoms with Crippen LogP contribution in [0.1, 0.15) is 144 Å². The molecule has 0 radical (unpaired) electrons. The fraction of sp³-hybridized carbons (Fsp3) is 0.806. The zero-order chi connectivity index (χ0) is 33.1. The van der Waals surface area contributed by atoms with Crippen LogP contribution in [0.2, 0.25) is 0 Å². The summed E-state index contributed by atoms with van der Waals surface area (Å²) in [6, 6.07) is 0.295. The van der Waals surface area contributed by atoms with Crippen LogP contribution in [0.4, 0.5) is 4.79 Å². The maximum Gasteiger partial charge on any atom is 0.306 e. The molecule has 1 atom stereocenters. The summed E-state index contributed by atoms with van der Waals surface area (Å²) < 4.78 is 10.4. The van der Waals surface area contributed by atoms with Crippen LogP contribution >= 0.6 is 11.8 Å². The molecule has 0 fully saturated rings. The van der Waals surface area contributed by atoms with E-state index >= 15 is 0 Å². The van der Waals surface area contributed by atoms with Gasteiger partial charge in [-0.2, -0.15) is 0 Å². The van der Waals surface area contributed by atoms with E-state index in [1.165, 1.54) is 37.4 Å². The van der Waals surface area contributed by atoms with E-state index in [1.807, 2.05) is 50.9 Å². The second kappa shape index (κ2) is 35.7. The highest BCUT2D eigenvalue weighted by atomic mass is 32.2. The first kappa shape index (κ1) is 44.3. The average Bonchev–Trinajstić information content (AvgIpc) is 3.03. The minimum atomic E-state index is -0.131. The Hall–Kier alpha value is -1.80. The smallest absolute Gasteiger partial charge is 0.306 e. The normalized spacial score (nSPS) is 11.8. The number of esters is 2. The van der Waals surface area contributed by atoms with Crippen molar-refractivity contribution in [2.75, 3.05) is 39.1 Å². The predicted octanol–water partition coefficient (Wildman–Crippen LogP) is 9.65. The van der Waals surface area contributed by atoms with Gasteiger partial charge in [-0.3, -0.25) is 14.4 Å². The van der Waals surface area contributed by atoms with Gasteiger partial charge in [0.1, 0.15) is 13.2 Å². The Labute approximate surface area is 275 Å². The molecule has 0 saturated heterocycles. The van der Waals surface area contributed by atoms with Crippen LogP contribution in [0, 0.1) is 0 Å². The number of amides is 1. The molecule has 7 nitrogen and oxygen atoms in total. The lowest BCUT2D eigenvalue weighted by Crippen LogP contribution is -2.32. The van der Waals surface area contributed by atoms with Crippen molar-refractivity contribution in [3.8, 4) is 0 Å². The summed E-state index contributed by atoms with van der Waals surface area (Å²) in [6.45, 7) is 12.5. The molecule has 1 amide bonds. The van der Waals surface area contributed by atoms with Gasteiger partial charge in [0.05, 0.1) is 0 Å². The van der Waals surface area contributed by atoms with Gasteiger partial charge < -0.3 is 19.7 Å². The SMILES string of the molecule is C/C=C\COC(=O)CCCCCCCN(CCCCCCCC(=O)OC/C=C\CCCCCC)C(=O)SC[C@H](C)NC.CC. The summed E-state index contributed by atoms with van der Waals surface area (Å²) >= 11 is 1.40. The molecule has 8 heteroatoms. The summed E-state index contributed by atoms with van der Waals surface area (Å²) in [5, 5.41) is 3.36. The number of unbranched alkanes of at least 4 members (excludes halogenated alkanes) is 12. The van der Waals surface area contributed by atoms with E-state index in [4.69, 9.17) is 9.47 Å². The van der Waals surface area contributed by atoms with Crippen molar-refractivity contribution >= 4 is 28.9 Å². The number of ether oxygens (including phenoxy) is 2. The van der Waals surface area contributed by atoms with E-state index < -0.39 is 0 Å². The monoisotopic (exact) mass is 640 g/mol. The fourth-order valence-corrected chi connectivity index (χ4v) is 5.19. The zero-order valence-electron chi connectivity index (χ0n) is 29.3. The summed E-state index contributed by atoms with van der Waals surface area (Å²) in [7, 11) is 1.92. The van der Waals surface area contributed by atoms with Crippen LogP contribution < -0.4 is 5.32 Å². The molecule has 0 spiro atoms. The molecule has 0 bridgehead atoms. The largest absolute Gasteiger partial charge is 0.461 e. The van der Waals surface area contributed by atoms with Crippen molar-refractivity contribution in [2.24, 2.45) is 0 Å². The van der Waals surface area contributed by atoms with E-state index in [-0.39, 0.29) is 17.2 Å². The number of hydrogen-bond donors (Lipinski definition) is 1.